The average molecular weight is 174 g/mol. The van der Waals surface area contributed by atoms with Crippen molar-refractivity contribution in [1.82, 2.24) is 0 Å². The van der Waals surface area contributed by atoms with Crippen molar-refractivity contribution in [1.29, 1.82) is 0 Å². The third kappa shape index (κ3) is 7.17. The van der Waals surface area contributed by atoms with Gasteiger partial charge in [0, 0.05) is 9.47 Å². The van der Waals surface area contributed by atoms with Crippen LogP contribution in [0.4, 0.5) is 0 Å². The summed E-state index contributed by atoms with van der Waals surface area (Å²) in [5.74, 6) is 0. The van der Waals surface area contributed by atoms with Gasteiger partial charge in [0.2, 0.25) is 0 Å². The number of hydrogen-bond donors (Lipinski definition) is 0. The van der Waals surface area contributed by atoms with Crippen LogP contribution in [0, 0.1) is 0 Å². The van der Waals surface area contributed by atoms with Crippen molar-refractivity contribution in [2.45, 2.75) is 6.92 Å². The van der Waals surface area contributed by atoms with Crippen LogP contribution >= 0.6 is 27.5 Å². The van der Waals surface area contributed by atoms with E-state index in [9.17, 15) is 0 Å². The Kier molecular flexibility index (Phi) is 9.36. The van der Waals surface area contributed by atoms with Gasteiger partial charge in [-0.2, -0.15) is 0 Å². The summed E-state index contributed by atoms with van der Waals surface area (Å²) in [4.78, 5) is 0. The fraction of sp³-hybridized carbons (Fsp3) is 1.00. The van der Waals surface area contributed by atoms with Crippen LogP contribution in [0.1, 0.15) is 6.92 Å². The summed E-state index contributed by atoms with van der Waals surface area (Å²) in [6.45, 7) is 2.61. The van der Waals surface area contributed by atoms with Crippen molar-refractivity contribution in [3.8, 4) is 0 Å². The van der Waals surface area contributed by atoms with Crippen molar-refractivity contribution in [3.05, 3.63) is 0 Å². The van der Waals surface area contributed by atoms with Crippen molar-refractivity contribution in [3.63, 3.8) is 0 Å². The van der Waals surface area contributed by atoms with E-state index in [1.807, 2.05) is 6.92 Å². The number of hydrogen-bond acceptors (Lipinski definition) is 3. The molecule has 0 aliphatic carbocycles. The Hall–Kier alpha value is 1.17. The first-order valence-electron chi connectivity index (χ1n) is 2.05. The lowest BCUT2D eigenvalue weighted by Crippen LogP contribution is -1.71. The Morgan fingerprint density at radius 1 is 1.50 bits per heavy atom. The maximum Gasteiger partial charge on any atom is 0.163 e. The highest BCUT2D eigenvalue weighted by atomic mass is 31.2. The fourth-order valence-electron chi connectivity index (χ4n) is 0.129. The molecule has 0 aromatic carbocycles. The second-order valence-corrected chi connectivity index (χ2v) is 3.20. The lowest BCUT2D eigenvalue weighted by molar-refractivity contribution is 0.354. The first-order valence-corrected chi connectivity index (χ1v) is 4.15. The standard InChI is InChI=1S/C2H9O3P3/c1-2-3-7-5-8-4-6/h7-8H,2,6H2,1H3. The van der Waals surface area contributed by atoms with Crippen LogP contribution in [-0.4, -0.2) is 6.61 Å². The van der Waals surface area contributed by atoms with Gasteiger partial charge in [-0.3, -0.25) is 4.31 Å². The maximum atomic E-state index is 4.86. The monoisotopic (exact) mass is 174 g/mol. The summed E-state index contributed by atoms with van der Waals surface area (Å²) in [7, 11) is 2.29. The molecule has 0 aromatic heterocycles. The molecule has 0 saturated heterocycles. The molecule has 0 radical (unpaired) electrons. The lowest BCUT2D eigenvalue weighted by atomic mass is 10.9. The highest BCUT2D eigenvalue weighted by Gasteiger charge is 1.82. The zero-order valence-electron chi connectivity index (χ0n) is 4.51. The molecule has 6 heteroatoms. The predicted octanol–water partition coefficient (Wildman–Crippen LogP) is 1.86. The summed E-state index contributed by atoms with van der Waals surface area (Å²) in [6, 6.07) is 0. The predicted molar refractivity (Wildman–Crippen MR) is 40.1 cm³/mol. The minimum Gasteiger partial charge on any atom is -0.336 e. The third-order valence-electron chi connectivity index (χ3n) is 0.335. The van der Waals surface area contributed by atoms with E-state index in [2.05, 4.69) is 13.8 Å². The highest BCUT2D eigenvalue weighted by molar-refractivity contribution is 7.44. The first kappa shape index (κ1) is 9.17. The van der Waals surface area contributed by atoms with Crippen molar-refractivity contribution in [2.75, 3.05) is 6.61 Å². The van der Waals surface area contributed by atoms with Crippen LogP contribution in [0.15, 0.2) is 0 Å². The highest BCUT2D eigenvalue weighted by Crippen LogP contribution is 2.29. The second-order valence-electron chi connectivity index (χ2n) is 0.820. The smallest absolute Gasteiger partial charge is 0.163 e. The molecule has 0 N–H and O–H groups in total. The quantitative estimate of drug-likeness (QED) is 0.470. The van der Waals surface area contributed by atoms with Gasteiger partial charge in [-0.15, -0.1) is 0 Å². The van der Waals surface area contributed by atoms with Gasteiger partial charge < -0.3 is 8.83 Å². The van der Waals surface area contributed by atoms with Crippen LogP contribution in [0.25, 0.3) is 0 Å². The molecule has 0 heterocycles. The van der Waals surface area contributed by atoms with E-state index in [0.717, 1.165) is 0 Å². The zero-order valence-corrected chi connectivity index (χ0v) is 7.66. The van der Waals surface area contributed by atoms with E-state index in [-0.39, 0.29) is 18.1 Å². The minimum atomic E-state index is 0.0750. The Morgan fingerprint density at radius 3 is 2.75 bits per heavy atom. The van der Waals surface area contributed by atoms with Gasteiger partial charge in [0.05, 0.1) is 6.61 Å². The van der Waals surface area contributed by atoms with Crippen LogP contribution < -0.4 is 0 Å². The van der Waals surface area contributed by atoms with E-state index >= 15 is 0 Å². The van der Waals surface area contributed by atoms with E-state index < -0.39 is 0 Å². The molecular weight excluding hydrogens is 165 g/mol. The Morgan fingerprint density at radius 2 is 2.25 bits per heavy atom. The molecule has 0 amide bonds. The largest absolute Gasteiger partial charge is 0.336 e. The summed E-state index contributed by atoms with van der Waals surface area (Å²) in [6.07, 6.45) is 0. The van der Waals surface area contributed by atoms with Crippen LogP contribution in [0.5, 0.6) is 0 Å². The SMILES string of the molecule is CCOPOPOP. The van der Waals surface area contributed by atoms with Crippen LogP contribution in [0.3, 0.4) is 0 Å². The molecule has 0 aromatic rings. The van der Waals surface area contributed by atoms with E-state index in [0.29, 0.717) is 6.61 Å². The summed E-state index contributed by atoms with van der Waals surface area (Å²) in [5.41, 5.74) is 0. The molecule has 0 rings (SSSR count). The van der Waals surface area contributed by atoms with Crippen molar-refractivity contribution >= 4 is 27.5 Å². The second kappa shape index (κ2) is 8.17. The van der Waals surface area contributed by atoms with Gasteiger partial charge in [0.25, 0.3) is 0 Å². The van der Waals surface area contributed by atoms with Crippen molar-refractivity contribution < 1.29 is 13.1 Å². The summed E-state index contributed by atoms with van der Waals surface area (Å²) in [5, 5.41) is 0. The Bertz CT molecular complexity index is 37.5. The van der Waals surface area contributed by atoms with Crippen LogP contribution in [-0.2, 0) is 13.1 Å². The Labute approximate surface area is 55.0 Å². The molecule has 0 bridgehead atoms. The van der Waals surface area contributed by atoms with E-state index in [1.54, 1.807) is 0 Å². The molecule has 8 heavy (non-hydrogen) atoms. The summed E-state index contributed by atoms with van der Waals surface area (Å²) < 4.78 is 14.2. The molecule has 3 atom stereocenters. The Balaban J connectivity index is 2.53. The molecule has 0 spiro atoms. The average Bonchev–Trinajstić information content (AvgIpc) is 1.81. The van der Waals surface area contributed by atoms with Gasteiger partial charge in [-0.1, -0.05) is 0 Å². The molecule has 0 fully saturated rings. The molecule has 0 aliphatic rings. The van der Waals surface area contributed by atoms with Gasteiger partial charge in [-0.25, -0.2) is 0 Å². The van der Waals surface area contributed by atoms with E-state index in [1.165, 1.54) is 0 Å². The summed E-state index contributed by atoms with van der Waals surface area (Å²) >= 11 is 0. The fourth-order valence-corrected chi connectivity index (χ4v) is 1.24. The van der Waals surface area contributed by atoms with Gasteiger partial charge in [0.1, 0.15) is 0 Å². The normalized spacial score (nSPS) is 12.8. The molecular formula is C2H9O3P3. The molecule has 3 unspecified atom stereocenters. The molecule has 3 nitrogen and oxygen atoms in total. The topological polar surface area (TPSA) is 27.7 Å². The molecule has 50 valence electrons. The molecule has 0 saturated carbocycles. The van der Waals surface area contributed by atoms with Gasteiger partial charge >= 0.3 is 0 Å². The van der Waals surface area contributed by atoms with Gasteiger partial charge in [0.15, 0.2) is 18.1 Å². The lowest BCUT2D eigenvalue weighted by Gasteiger charge is -1.97. The molecule has 0 aliphatic heterocycles. The van der Waals surface area contributed by atoms with Gasteiger partial charge in [-0.05, 0) is 6.92 Å². The third-order valence-corrected chi connectivity index (χ3v) is 1.79. The zero-order chi connectivity index (χ0) is 6.24. The number of rotatable bonds is 5. The maximum absolute atomic E-state index is 4.86. The first-order chi connectivity index (χ1) is 3.91. The minimum absolute atomic E-state index is 0.0750. The van der Waals surface area contributed by atoms with Crippen LogP contribution in [0.2, 0.25) is 0 Å². The van der Waals surface area contributed by atoms with Crippen molar-refractivity contribution in [2.24, 2.45) is 0 Å². The van der Waals surface area contributed by atoms with E-state index in [4.69, 9.17) is 8.83 Å².